The van der Waals surface area contributed by atoms with Crippen LogP contribution in [-0.4, -0.2) is 55.3 Å². The van der Waals surface area contributed by atoms with E-state index in [2.05, 4.69) is 41.2 Å². The lowest BCUT2D eigenvalue weighted by Crippen LogP contribution is -2.28. The number of hydrogen-bond donors (Lipinski definition) is 1. The monoisotopic (exact) mass is 404 g/mol. The van der Waals surface area contributed by atoms with Gasteiger partial charge in [-0.25, -0.2) is 4.98 Å². The van der Waals surface area contributed by atoms with E-state index in [9.17, 15) is 0 Å². The van der Waals surface area contributed by atoms with Gasteiger partial charge in [0, 0.05) is 47.0 Å². The van der Waals surface area contributed by atoms with Gasteiger partial charge in [-0.2, -0.15) is 0 Å². The number of anilines is 1. The molecule has 4 rings (SSSR count). The fourth-order valence-corrected chi connectivity index (χ4v) is 3.98. The molecule has 0 aliphatic carbocycles. The summed E-state index contributed by atoms with van der Waals surface area (Å²) in [5.41, 5.74) is 0.960. The average molecular weight is 405 g/mol. The number of aromatic nitrogens is 2. The number of likely N-dealkylation sites (N-methyl/N-ethyl adjacent to an activating group) is 1. The molecule has 2 aromatic heterocycles. The minimum absolute atomic E-state index is 0.704. The van der Waals surface area contributed by atoms with Crippen molar-refractivity contribution in [3.05, 3.63) is 42.7 Å². The summed E-state index contributed by atoms with van der Waals surface area (Å²) in [4.78, 5) is 11.8. The highest BCUT2D eigenvalue weighted by Crippen LogP contribution is 2.37. The van der Waals surface area contributed by atoms with Crippen LogP contribution in [0.15, 0.2) is 42.7 Å². The van der Waals surface area contributed by atoms with Crippen molar-refractivity contribution in [2.45, 2.75) is 13.8 Å². The molecule has 1 N–H and O–H groups in total. The van der Waals surface area contributed by atoms with Gasteiger partial charge in [0.1, 0.15) is 5.82 Å². The Kier molecular flexibility index (Phi) is 5.86. The van der Waals surface area contributed by atoms with Crippen LogP contribution in [0.3, 0.4) is 0 Å². The van der Waals surface area contributed by atoms with Gasteiger partial charge in [-0.3, -0.25) is 4.98 Å². The van der Waals surface area contributed by atoms with E-state index >= 15 is 0 Å². The SMILES string of the molecule is CCN(CC)CCNc1nccc2c1ccc1c3cc(OC)c(OC)cc3cnc21. The van der Waals surface area contributed by atoms with Crippen LogP contribution in [-0.2, 0) is 0 Å². The van der Waals surface area contributed by atoms with Crippen molar-refractivity contribution in [2.75, 3.05) is 45.7 Å². The molecule has 0 unspecified atom stereocenters. The highest BCUT2D eigenvalue weighted by Gasteiger charge is 2.12. The summed E-state index contributed by atoms with van der Waals surface area (Å²) in [6.07, 6.45) is 3.75. The summed E-state index contributed by atoms with van der Waals surface area (Å²) in [6.45, 7) is 8.32. The van der Waals surface area contributed by atoms with Crippen LogP contribution in [0.5, 0.6) is 11.5 Å². The fraction of sp³-hybridized carbons (Fsp3) is 0.333. The molecule has 0 atom stereocenters. The number of pyridine rings is 2. The molecule has 0 saturated carbocycles. The number of hydrogen-bond acceptors (Lipinski definition) is 6. The summed E-state index contributed by atoms with van der Waals surface area (Å²) in [5, 5.41) is 8.87. The molecule has 0 saturated heterocycles. The molecule has 2 aromatic carbocycles. The second-order valence-corrected chi connectivity index (χ2v) is 7.22. The Bertz CT molecular complexity index is 1190. The Hall–Kier alpha value is -3.12. The molecule has 6 heteroatoms. The van der Waals surface area contributed by atoms with E-state index in [0.717, 1.165) is 64.4 Å². The molecule has 0 spiro atoms. The standard InChI is InChI=1S/C24H28N4O2/c1-5-28(6-2)12-11-26-24-19-8-7-17-20-14-22(30-4)21(29-3)13-16(20)15-27-23(17)18(19)9-10-25-24/h7-10,13-15H,5-6,11-12H2,1-4H3,(H,25,26). The molecule has 4 aromatic rings. The van der Waals surface area contributed by atoms with Crippen LogP contribution < -0.4 is 14.8 Å². The van der Waals surface area contributed by atoms with Crippen molar-refractivity contribution in [3.8, 4) is 11.5 Å². The average Bonchev–Trinajstić information content (AvgIpc) is 2.80. The van der Waals surface area contributed by atoms with Crippen LogP contribution in [0.1, 0.15) is 13.8 Å². The van der Waals surface area contributed by atoms with Crippen molar-refractivity contribution in [1.82, 2.24) is 14.9 Å². The fourth-order valence-electron chi connectivity index (χ4n) is 3.98. The normalized spacial score (nSPS) is 11.5. The molecule has 6 nitrogen and oxygen atoms in total. The van der Waals surface area contributed by atoms with Gasteiger partial charge < -0.3 is 19.7 Å². The van der Waals surface area contributed by atoms with E-state index in [-0.39, 0.29) is 0 Å². The van der Waals surface area contributed by atoms with Gasteiger partial charge >= 0.3 is 0 Å². The van der Waals surface area contributed by atoms with Crippen LogP contribution in [0.2, 0.25) is 0 Å². The minimum Gasteiger partial charge on any atom is -0.493 e. The zero-order valence-electron chi connectivity index (χ0n) is 18.0. The lowest BCUT2D eigenvalue weighted by atomic mass is 10.0. The number of nitrogens with one attached hydrogen (secondary N) is 1. The Morgan fingerprint density at radius 3 is 2.30 bits per heavy atom. The van der Waals surface area contributed by atoms with Gasteiger partial charge in [0.25, 0.3) is 0 Å². The van der Waals surface area contributed by atoms with Crippen molar-refractivity contribution >= 4 is 38.3 Å². The molecule has 156 valence electrons. The summed E-state index contributed by atoms with van der Waals surface area (Å²) in [6, 6.07) is 10.3. The molecule has 30 heavy (non-hydrogen) atoms. The molecule has 0 bridgehead atoms. The van der Waals surface area contributed by atoms with Crippen molar-refractivity contribution < 1.29 is 9.47 Å². The second-order valence-electron chi connectivity index (χ2n) is 7.22. The Balaban J connectivity index is 1.79. The third-order valence-corrected chi connectivity index (χ3v) is 5.71. The largest absolute Gasteiger partial charge is 0.493 e. The summed E-state index contributed by atoms with van der Waals surface area (Å²) in [7, 11) is 3.30. The van der Waals surface area contributed by atoms with E-state index < -0.39 is 0 Å². The predicted octanol–water partition coefficient (Wildman–Crippen LogP) is 4.71. The van der Waals surface area contributed by atoms with E-state index in [0.29, 0.717) is 11.5 Å². The Labute approximate surface area is 176 Å². The number of benzene rings is 2. The first-order valence-electron chi connectivity index (χ1n) is 10.4. The maximum Gasteiger partial charge on any atom is 0.161 e. The van der Waals surface area contributed by atoms with Gasteiger partial charge in [-0.1, -0.05) is 19.9 Å². The maximum absolute atomic E-state index is 5.51. The van der Waals surface area contributed by atoms with Crippen molar-refractivity contribution in [3.63, 3.8) is 0 Å². The summed E-state index contributed by atoms with van der Waals surface area (Å²) >= 11 is 0. The number of rotatable bonds is 8. The smallest absolute Gasteiger partial charge is 0.161 e. The lowest BCUT2D eigenvalue weighted by molar-refractivity contribution is 0.316. The lowest BCUT2D eigenvalue weighted by Gasteiger charge is -2.18. The van der Waals surface area contributed by atoms with Gasteiger partial charge in [-0.05, 0) is 42.7 Å². The van der Waals surface area contributed by atoms with Crippen LogP contribution in [0.25, 0.3) is 32.4 Å². The van der Waals surface area contributed by atoms with Crippen LogP contribution in [0, 0.1) is 0 Å². The third kappa shape index (κ3) is 3.59. The molecular formula is C24H28N4O2. The number of ether oxygens (including phenoxy) is 2. The first kappa shape index (κ1) is 20.2. The first-order chi connectivity index (χ1) is 14.7. The van der Waals surface area contributed by atoms with Gasteiger partial charge in [0.2, 0.25) is 0 Å². The Morgan fingerprint density at radius 1 is 0.867 bits per heavy atom. The number of methoxy groups -OCH3 is 2. The topological polar surface area (TPSA) is 59.5 Å². The zero-order valence-corrected chi connectivity index (χ0v) is 18.0. The van der Waals surface area contributed by atoms with Crippen LogP contribution in [0.4, 0.5) is 5.82 Å². The molecule has 0 aliphatic rings. The van der Waals surface area contributed by atoms with Gasteiger partial charge in [-0.15, -0.1) is 0 Å². The molecule has 0 fully saturated rings. The van der Waals surface area contributed by atoms with Gasteiger partial charge in [0.15, 0.2) is 11.5 Å². The molecule has 0 amide bonds. The van der Waals surface area contributed by atoms with E-state index in [1.807, 2.05) is 30.6 Å². The Morgan fingerprint density at radius 2 is 1.57 bits per heavy atom. The highest BCUT2D eigenvalue weighted by molar-refractivity contribution is 6.17. The second kappa shape index (κ2) is 8.71. The van der Waals surface area contributed by atoms with E-state index in [1.54, 1.807) is 14.2 Å². The molecular weight excluding hydrogens is 376 g/mol. The van der Waals surface area contributed by atoms with E-state index in [1.165, 1.54) is 0 Å². The predicted molar refractivity (Wildman–Crippen MR) is 124 cm³/mol. The maximum atomic E-state index is 5.51. The zero-order chi connectivity index (χ0) is 21.1. The quantitative estimate of drug-likeness (QED) is 0.429. The summed E-state index contributed by atoms with van der Waals surface area (Å²) < 4.78 is 11.0. The third-order valence-electron chi connectivity index (χ3n) is 5.71. The van der Waals surface area contributed by atoms with Crippen LogP contribution >= 0.6 is 0 Å². The molecule has 2 heterocycles. The molecule has 0 aliphatic heterocycles. The molecule has 0 radical (unpaired) electrons. The minimum atomic E-state index is 0.704. The van der Waals surface area contributed by atoms with Gasteiger partial charge in [0.05, 0.1) is 19.7 Å². The first-order valence-corrected chi connectivity index (χ1v) is 10.4. The van der Waals surface area contributed by atoms with E-state index in [4.69, 9.17) is 14.5 Å². The van der Waals surface area contributed by atoms with Crippen molar-refractivity contribution in [1.29, 1.82) is 0 Å². The summed E-state index contributed by atoms with van der Waals surface area (Å²) in [5.74, 6) is 2.32. The number of fused-ring (bicyclic) bond motifs is 5. The highest BCUT2D eigenvalue weighted by atomic mass is 16.5. The van der Waals surface area contributed by atoms with Crippen molar-refractivity contribution in [2.24, 2.45) is 0 Å². The number of nitrogens with zero attached hydrogens (tertiary/aromatic N) is 3.